The van der Waals surface area contributed by atoms with E-state index in [4.69, 9.17) is 5.11 Å². The van der Waals surface area contributed by atoms with Crippen molar-refractivity contribution in [3.63, 3.8) is 0 Å². The number of carbonyl (C=O) groups is 4. The molecule has 1 atom stereocenters. The third-order valence-electron chi connectivity index (χ3n) is 3.22. The Kier molecular flexibility index (Phi) is 6.67. The smallest absolute Gasteiger partial charge is 0.326 e. The van der Waals surface area contributed by atoms with Crippen molar-refractivity contribution in [1.29, 1.82) is 0 Å². The molecule has 0 aliphatic carbocycles. The maximum Gasteiger partial charge on any atom is 0.326 e. The molecular weight excluding hydrogens is 304 g/mol. The largest absolute Gasteiger partial charge is 0.480 e. The summed E-state index contributed by atoms with van der Waals surface area (Å²) >= 11 is 0. The number of carboxylic acid groups (broad SMARTS) is 1. The SMILES string of the molecule is CC(C)C[C@H](NC(=O)CNC(=O)C1=NN(C)C(=O)CC1)C(=O)O. The number of aliphatic carboxylic acids is 1. The van der Waals surface area contributed by atoms with Gasteiger partial charge in [0.05, 0.1) is 6.54 Å². The van der Waals surface area contributed by atoms with Gasteiger partial charge in [-0.1, -0.05) is 13.8 Å². The highest BCUT2D eigenvalue weighted by molar-refractivity contribution is 6.39. The molecule has 1 heterocycles. The minimum atomic E-state index is -1.12. The summed E-state index contributed by atoms with van der Waals surface area (Å²) < 4.78 is 0. The lowest BCUT2D eigenvalue weighted by molar-refractivity contribution is -0.142. The van der Waals surface area contributed by atoms with E-state index in [0.29, 0.717) is 6.42 Å². The Bertz CT molecular complexity index is 529. The van der Waals surface area contributed by atoms with Crippen molar-refractivity contribution in [2.24, 2.45) is 11.0 Å². The van der Waals surface area contributed by atoms with Crippen LogP contribution in [0, 0.1) is 5.92 Å². The van der Waals surface area contributed by atoms with Crippen LogP contribution < -0.4 is 10.6 Å². The molecule has 0 fully saturated rings. The molecule has 0 aromatic carbocycles. The van der Waals surface area contributed by atoms with E-state index >= 15 is 0 Å². The lowest BCUT2D eigenvalue weighted by atomic mass is 10.0. The summed E-state index contributed by atoms with van der Waals surface area (Å²) in [4.78, 5) is 46.0. The van der Waals surface area contributed by atoms with E-state index < -0.39 is 23.8 Å². The van der Waals surface area contributed by atoms with Crippen molar-refractivity contribution < 1.29 is 24.3 Å². The number of nitrogens with zero attached hydrogens (tertiary/aromatic N) is 2. The standard InChI is InChI=1S/C14H22N4O5/c1-8(2)6-10(14(22)23)16-11(19)7-15-13(21)9-4-5-12(20)18(3)17-9/h8,10H,4-7H2,1-3H3,(H,15,21)(H,16,19)(H,22,23)/t10-/m0/s1. The van der Waals surface area contributed by atoms with Crippen molar-refractivity contribution >= 4 is 29.4 Å². The summed E-state index contributed by atoms with van der Waals surface area (Å²) in [5.41, 5.74) is 0.164. The number of carbonyl (C=O) groups excluding carboxylic acids is 3. The molecule has 0 saturated carbocycles. The van der Waals surface area contributed by atoms with Crippen LogP contribution >= 0.6 is 0 Å². The van der Waals surface area contributed by atoms with Gasteiger partial charge in [0.25, 0.3) is 5.91 Å². The Hall–Kier alpha value is -2.45. The quantitative estimate of drug-likeness (QED) is 0.571. The highest BCUT2D eigenvalue weighted by Crippen LogP contribution is 2.07. The Morgan fingerprint density at radius 1 is 1.30 bits per heavy atom. The van der Waals surface area contributed by atoms with Crippen LogP contribution in [0.1, 0.15) is 33.1 Å². The third-order valence-corrected chi connectivity index (χ3v) is 3.22. The Balaban J connectivity index is 2.49. The first-order valence-corrected chi connectivity index (χ1v) is 7.35. The second-order valence-electron chi connectivity index (χ2n) is 5.73. The van der Waals surface area contributed by atoms with Crippen molar-refractivity contribution in [3.05, 3.63) is 0 Å². The fourth-order valence-corrected chi connectivity index (χ4v) is 2.03. The van der Waals surface area contributed by atoms with Gasteiger partial charge in [-0.25, -0.2) is 9.80 Å². The molecule has 1 aliphatic rings. The van der Waals surface area contributed by atoms with E-state index in [-0.39, 0.29) is 36.9 Å². The fraction of sp³-hybridized carbons (Fsp3) is 0.643. The lowest BCUT2D eigenvalue weighted by Gasteiger charge is -2.19. The molecule has 1 rings (SSSR count). The van der Waals surface area contributed by atoms with Crippen molar-refractivity contribution in [2.45, 2.75) is 39.2 Å². The fourth-order valence-electron chi connectivity index (χ4n) is 2.03. The van der Waals surface area contributed by atoms with Crippen molar-refractivity contribution in [2.75, 3.05) is 13.6 Å². The molecule has 0 radical (unpaired) electrons. The normalized spacial score (nSPS) is 15.9. The average molecular weight is 326 g/mol. The highest BCUT2D eigenvalue weighted by Gasteiger charge is 2.24. The summed E-state index contributed by atoms with van der Waals surface area (Å²) in [5, 5.41) is 18.7. The van der Waals surface area contributed by atoms with Crippen molar-refractivity contribution in [3.8, 4) is 0 Å². The van der Waals surface area contributed by atoms with Gasteiger partial charge in [-0.05, 0) is 12.3 Å². The summed E-state index contributed by atoms with van der Waals surface area (Å²) in [6.07, 6.45) is 0.695. The second kappa shape index (κ2) is 8.25. The predicted molar refractivity (Wildman–Crippen MR) is 81.5 cm³/mol. The van der Waals surface area contributed by atoms with Gasteiger partial charge in [0.2, 0.25) is 11.8 Å². The lowest BCUT2D eigenvalue weighted by Crippen LogP contribution is -2.47. The molecule has 9 heteroatoms. The van der Waals surface area contributed by atoms with Gasteiger partial charge in [-0.15, -0.1) is 0 Å². The Morgan fingerprint density at radius 3 is 2.48 bits per heavy atom. The molecule has 0 saturated heterocycles. The van der Waals surface area contributed by atoms with Crippen LogP contribution in [0.15, 0.2) is 5.10 Å². The molecule has 3 N–H and O–H groups in total. The number of hydrazone groups is 1. The molecule has 0 unspecified atom stereocenters. The minimum absolute atomic E-state index is 0.107. The van der Waals surface area contributed by atoms with Gasteiger partial charge < -0.3 is 15.7 Å². The van der Waals surface area contributed by atoms with Gasteiger partial charge in [0.15, 0.2) is 0 Å². The van der Waals surface area contributed by atoms with Gasteiger partial charge >= 0.3 is 5.97 Å². The van der Waals surface area contributed by atoms with Crippen LogP contribution in [0.4, 0.5) is 0 Å². The number of amides is 3. The summed E-state index contributed by atoms with van der Waals surface area (Å²) in [7, 11) is 1.45. The van der Waals surface area contributed by atoms with Gasteiger partial charge in [0, 0.05) is 19.9 Å². The van der Waals surface area contributed by atoms with E-state index in [1.807, 2.05) is 13.8 Å². The first-order valence-electron chi connectivity index (χ1n) is 7.35. The van der Waals surface area contributed by atoms with Crippen LogP contribution in [0.25, 0.3) is 0 Å². The summed E-state index contributed by atoms with van der Waals surface area (Å²) in [6, 6.07) is -0.991. The first kappa shape index (κ1) is 18.6. The predicted octanol–water partition coefficient (Wildman–Crippen LogP) is -0.674. The zero-order chi connectivity index (χ0) is 17.6. The maximum atomic E-state index is 11.9. The minimum Gasteiger partial charge on any atom is -0.480 e. The number of carboxylic acids is 1. The third kappa shape index (κ3) is 6.05. The molecule has 0 aromatic heterocycles. The average Bonchev–Trinajstić information content (AvgIpc) is 2.46. The first-order chi connectivity index (χ1) is 10.7. The topological polar surface area (TPSA) is 128 Å². The number of hydrogen-bond donors (Lipinski definition) is 3. The zero-order valence-corrected chi connectivity index (χ0v) is 13.5. The number of rotatable bonds is 7. The van der Waals surface area contributed by atoms with E-state index in [1.54, 1.807) is 0 Å². The Morgan fingerprint density at radius 2 is 1.96 bits per heavy atom. The van der Waals surface area contributed by atoms with Crippen LogP contribution in [-0.2, 0) is 19.2 Å². The monoisotopic (exact) mass is 326 g/mol. The molecular formula is C14H22N4O5. The molecule has 0 spiro atoms. The maximum absolute atomic E-state index is 11.9. The van der Waals surface area contributed by atoms with E-state index in [2.05, 4.69) is 15.7 Å². The number of hydrogen-bond acceptors (Lipinski definition) is 5. The molecule has 23 heavy (non-hydrogen) atoms. The van der Waals surface area contributed by atoms with Crippen LogP contribution in [-0.4, -0.2) is 59.2 Å². The summed E-state index contributed by atoms with van der Waals surface area (Å²) in [5.74, 6) is -2.33. The molecule has 0 aromatic rings. The number of nitrogens with one attached hydrogen (secondary N) is 2. The Labute approximate surface area is 134 Å². The van der Waals surface area contributed by atoms with Crippen molar-refractivity contribution in [1.82, 2.24) is 15.6 Å². The van der Waals surface area contributed by atoms with Crippen LogP contribution in [0.2, 0.25) is 0 Å². The van der Waals surface area contributed by atoms with E-state index in [0.717, 1.165) is 5.01 Å². The van der Waals surface area contributed by atoms with Crippen LogP contribution in [0.5, 0.6) is 0 Å². The van der Waals surface area contributed by atoms with E-state index in [1.165, 1.54) is 7.05 Å². The van der Waals surface area contributed by atoms with Crippen LogP contribution in [0.3, 0.4) is 0 Å². The molecule has 3 amide bonds. The van der Waals surface area contributed by atoms with Gasteiger partial charge in [-0.3, -0.25) is 14.4 Å². The van der Waals surface area contributed by atoms with Gasteiger partial charge in [-0.2, -0.15) is 5.10 Å². The zero-order valence-electron chi connectivity index (χ0n) is 13.5. The highest BCUT2D eigenvalue weighted by atomic mass is 16.4. The molecule has 1 aliphatic heterocycles. The van der Waals surface area contributed by atoms with Gasteiger partial charge in [0.1, 0.15) is 11.8 Å². The summed E-state index contributed by atoms with van der Waals surface area (Å²) in [6.45, 7) is 3.35. The molecule has 0 bridgehead atoms. The van der Waals surface area contributed by atoms with E-state index in [9.17, 15) is 19.2 Å². The second-order valence-corrected chi connectivity index (χ2v) is 5.73. The molecule has 9 nitrogen and oxygen atoms in total. The molecule has 128 valence electrons.